The third-order valence-corrected chi connectivity index (χ3v) is 2.76. The lowest BCUT2D eigenvalue weighted by atomic mass is 9.88. The van der Waals surface area contributed by atoms with Crippen molar-refractivity contribution in [3.63, 3.8) is 0 Å². The fourth-order valence-electron chi connectivity index (χ4n) is 1.10. The standard InChI is InChI=1S/C12H21N3O/c1-8(12(2,3)4)14-11-9(13)6-7-10(15-11)16-5/h6-8H,13H2,1-5H3,(H,14,15). The minimum Gasteiger partial charge on any atom is -0.481 e. The van der Waals surface area contributed by atoms with Crippen LogP contribution in [-0.4, -0.2) is 18.1 Å². The Balaban J connectivity index is 2.88. The minimum atomic E-state index is 0.150. The maximum Gasteiger partial charge on any atom is 0.215 e. The van der Waals surface area contributed by atoms with Crippen molar-refractivity contribution >= 4 is 11.5 Å². The molecule has 0 aliphatic heterocycles. The first-order valence-corrected chi connectivity index (χ1v) is 5.41. The van der Waals surface area contributed by atoms with Gasteiger partial charge < -0.3 is 15.8 Å². The molecule has 4 heteroatoms. The Bertz CT molecular complexity index is 358. The first kappa shape index (κ1) is 12.6. The molecule has 0 fully saturated rings. The van der Waals surface area contributed by atoms with E-state index in [9.17, 15) is 0 Å². The third kappa shape index (κ3) is 3.02. The van der Waals surface area contributed by atoms with Crippen LogP contribution in [0.5, 0.6) is 5.88 Å². The molecule has 1 unspecified atom stereocenters. The molecule has 0 bridgehead atoms. The fourth-order valence-corrected chi connectivity index (χ4v) is 1.10. The van der Waals surface area contributed by atoms with Gasteiger partial charge in [-0.05, 0) is 18.4 Å². The number of nitrogens with two attached hydrogens (primary N) is 1. The molecule has 0 saturated heterocycles. The lowest BCUT2D eigenvalue weighted by Gasteiger charge is -2.29. The molecule has 0 amide bonds. The molecular weight excluding hydrogens is 202 g/mol. The molecule has 0 aliphatic carbocycles. The van der Waals surface area contributed by atoms with E-state index in [0.29, 0.717) is 17.4 Å². The van der Waals surface area contributed by atoms with Crippen LogP contribution in [0.2, 0.25) is 0 Å². The topological polar surface area (TPSA) is 60.2 Å². The van der Waals surface area contributed by atoms with E-state index in [1.165, 1.54) is 0 Å². The second kappa shape index (κ2) is 4.60. The van der Waals surface area contributed by atoms with Crippen LogP contribution < -0.4 is 15.8 Å². The summed E-state index contributed by atoms with van der Waals surface area (Å²) in [4.78, 5) is 4.29. The molecule has 4 nitrogen and oxygen atoms in total. The van der Waals surface area contributed by atoms with Gasteiger partial charge in [0.1, 0.15) is 0 Å². The molecule has 1 rings (SSSR count). The molecule has 1 heterocycles. The van der Waals surface area contributed by atoms with Crippen molar-refractivity contribution in [3.05, 3.63) is 12.1 Å². The van der Waals surface area contributed by atoms with E-state index < -0.39 is 0 Å². The fraction of sp³-hybridized carbons (Fsp3) is 0.583. The summed E-state index contributed by atoms with van der Waals surface area (Å²) >= 11 is 0. The summed E-state index contributed by atoms with van der Waals surface area (Å²) in [5.41, 5.74) is 6.64. The number of nitrogens with one attached hydrogen (secondary N) is 1. The predicted molar refractivity (Wildman–Crippen MR) is 67.7 cm³/mol. The van der Waals surface area contributed by atoms with Gasteiger partial charge in [0.2, 0.25) is 5.88 Å². The van der Waals surface area contributed by atoms with Gasteiger partial charge in [0.15, 0.2) is 5.82 Å². The summed E-state index contributed by atoms with van der Waals surface area (Å²) < 4.78 is 5.07. The number of rotatable bonds is 3. The van der Waals surface area contributed by atoms with E-state index in [4.69, 9.17) is 10.5 Å². The second-order valence-corrected chi connectivity index (χ2v) is 5.02. The van der Waals surface area contributed by atoms with Crippen LogP contribution in [0.3, 0.4) is 0 Å². The summed E-state index contributed by atoms with van der Waals surface area (Å²) in [5, 5.41) is 3.31. The molecule has 1 atom stereocenters. The monoisotopic (exact) mass is 223 g/mol. The average Bonchev–Trinajstić information content (AvgIpc) is 2.19. The zero-order valence-corrected chi connectivity index (χ0v) is 10.7. The Morgan fingerprint density at radius 2 is 2.00 bits per heavy atom. The summed E-state index contributed by atoms with van der Waals surface area (Å²) in [5.74, 6) is 1.25. The number of aromatic nitrogens is 1. The summed E-state index contributed by atoms with van der Waals surface area (Å²) in [6.45, 7) is 8.61. The van der Waals surface area contributed by atoms with Crippen molar-refractivity contribution in [1.82, 2.24) is 4.98 Å². The van der Waals surface area contributed by atoms with E-state index in [0.717, 1.165) is 0 Å². The summed E-state index contributed by atoms with van der Waals surface area (Å²) in [7, 11) is 1.59. The lowest BCUT2D eigenvalue weighted by molar-refractivity contribution is 0.357. The van der Waals surface area contributed by atoms with Crippen molar-refractivity contribution in [1.29, 1.82) is 0 Å². The molecule has 1 aromatic heterocycles. The second-order valence-electron chi connectivity index (χ2n) is 5.02. The van der Waals surface area contributed by atoms with Gasteiger partial charge in [0.05, 0.1) is 12.8 Å². The van der Waals surface area contributed by atoms with E-state index >= 15 is 0 Å². The van der Waals surface area contributed by atoms with Gasteiger partial charge in [-0.15, -0.1) is 0 Å². The van der Waals surface area contributed by atoms with Gasteiger partial charge in [-0.2, -0.15) is 4.98 Å². The number of pyridine rings is 1. The maximum atomic E-state index is 5.86. The predicted octanol–water partition coefficient (Wildman–Crippen LogP) is 2.52. The van der Waals surface area contributed by atoms with Crippen LogP contribution in [0, 0.1) is 5.41 Å². The van der Waals surface area contributed by atoms with Gasteiger partial charge >= 0.3 is 0 Å². The normalized spacial score (nSPS) is 13.3. The van der Waals surface area contributed by atoms with Gasteiger partial charge in [0.25, 0.3) is 0 Å². The molecule has 0 aromatic carbocycles. The lowest BCUT2D eigenvalue weighted by Crippen LogP contribution is -2.31. The van der Waals surface area contributed by atoms with Crippen LogP contribution in [0.25, 0.3) is 0 Å². The van der Waals surface area contributed by atoms with Crippen LogP contribution in [0.1, 0.15) is 27.7 Å². The molecule has 0 saturated carbocycles. The van der Waals surface area contributed by atoms with Gasteiger partial charge in [-0.25, -0.2) is 0 Å². The zero-order chi connectivity index (χ0) is 12.3. The van der Waals surface area contributed by atoms with Crippen molar-refractivity contribution in [3.8, 4) is 5.88 Å². The van der Waals surface area contributed by atoms with Crippen LogP contribution in [0.15, 0.2) is 12.1 Å². The molecule has 0 spiro atoms. The first-order valence-electron chi connectivity index (χ1n) is 5.41. The highest BCUT2D eigenvalue weighted by molar-refractivity contribution is 5.62. The molecular formula is C12H21N3O. The highest BCUT2D eigenvalue weighted by atomic mass is 16.5. The Morgan fingerprint density at radius 3 is 2.50 bits per heavy atom. The van der Waals surface area contributed by atoms with E-state index in [2.05, 4.69) is 38.0 Å². The minimum absolute atomic E-state index is 0.150. The van der Waals surface area contributed by atoms with Gasteiger partial charge in [-0.3, -0.25) is 0 Å². The Morgan fingerprint density at radius 1 is 1.38 bits per heavy atom. The van der Waals surface area contributed by atoms with E-state index in [1.807, 2.05) is 0 Å². The van der Waals surface area contributed by atoms with Crippen molar-refractivity contribution in [2.75, 3.05) is 18.2 Å². The molecule has 90 valence electrons. The van der Waals surface area contributed by atoms with Gasteiger partial charge in [0, 0.05) is 12.1 Å². The zero-order valence-electron chi connectivity index (χ0n) is 10.7. The number of ether oxygens (including phenoxy) is 1. The Hall–Kier alpha value is -1.45. The number of hydrogen-bond acceptors (Lipinski definition) is 4. The smallest absolute Gasteiger partial charge is 0.215 e. The molecule has 0 radical (unpaired) electrons. The van der Waals surface area contributed by atoms with Crippen molar-refractivity contribution in [2.45, 2.75) is 33.7 Å². The highest BCUT2D eigenvalue weighted by Crippen LogP contribution is 2.26. The number of anilines is 2. The van der Waals surface area contributed by atoms with Gasteiger partial charge in [-0.1, -0.05) is 20.8 Å². The number of nitrogen functional groups attached to an aromatic ring is 1. The summed E-state index contributed by atoms with van der Waals surface area (Å²) in [6.07, 6.45) is 0. The maximum absolute atomic E-state index is 5.86. The average molecular weight is 223 g/mol. The number of nitrogens with zero attached hydrogens (tertiary/aromatic N) is 1. The van der Waals surface area contributed by atoms with Crippen LogP contribution >= 0.6 is 0 Å². The molecule has 3 N–H and O–H groups in total. The summed E-state index contributed by atoms with van der Waals surface area (Å²) in [6, 6.07) is 3.82. The van der Waals surface area contributed by atoms with E-state index in [-0.39, 0.29) is 11.5 Å². The van der Waals surface area contributed by atoms with E-state index in [1.54, 1.807) is 19.2 Å². The Kier molecular flexibility index (Phi) is 3.62. The molecule has 16 heavy (non-hydrogen) atoms. The largest absolute Gasteiger partial charge is 0.481 e. The van der Waals surface area contributed by atoms with Crippen molar-refractivity contribution < 1.29 is 4.74 Å². The first-order chi connectivity index (χ1) is 7.34. The third-order valence-electron chi connectivity index (χ3n) is 2.76. The Labute approximate surface area is 97.2 Å². The molecule has 0 aliphatic rings. The van der Waals surface area contributed by atoms with Crippen LogP contribution in [-0.2, 0) is 0 Å². The quantitative estimate of drug-likeness (QED) is 0.826. The van der Waals surface area contributed by atoms with Crippen molar-refractivity contribution in [2.24, 2.45) is 5.41 Å². The molecule has 1 aromatic rings. The number of methoxy groups -OCH3 is 1. The SMILES string of the molecule is COc1ccc(N)c(NC(C)C(C)(C)C)n1. The van der Waals surface area contributed by atoms with Crippen LogP contribution in [0.4, 0.5) is 11.5 Å². The highest BCUT2D eigenvalue weighted by Gasteiger charge is 2.20. The number of hydrogen-bond donors (Lipinski definition) is 2.